The monoisotopic (exact) mass is 252 g/mol. The molecule has 18 heavy (non-hydrogen) atoms. The maximum absolute atomic E-state index is 11.7. The summed E-state index contributed by atoms with van der Waals surface area (Å²) >= 11 is 0. The van der Waals surface area contributed by atoms with E-state index in [0.29, 0.717) is 6.54 Å². The van der Waals surface area contributed by atoms with Crippen molar-refractivity contribution in [3.05, 3.63) is 18.0 Å². The first kappa shape index (κ1) is 12.9. The van der Waals surface area contributed by atoms with Gasteiger partial charge in [0.15, 0.2) is 0 Å². The molecule has 100 valence electrons. The number of hydrogen-bond donors (Lipinski definition) is 3. The van der Waals surface area contributed by atoms with E-state index in [1.165, 1.54) is 0 Å². The van der Waals surface area contributed by atoms with Gasteiger partial charge in [0.25, 0.3) is 0 Å². The molecule has 6 heteroatoms. The van der Waals surface area contributed by atoms with E-state index in [0.717, 1.165) is 18.4 Å². The molecule has 0 aliphatic heterocycles. The molecule has 1 atom stereocenters. The molecule has 0 bridgehead atoms. The second-order valence-electron chi connectivity index (χ2n) is 5.15. The maximum atomic E-state index is 11.7. The number of hydrogen-bond acceptors (Lipinski definition) is 3. The molecular formula is C12H20N4O2. The average molecular weight is 252 g/mol. The first-order chi connectivity index (χ1) is 8.54. The van der Waals surface area contributed by atoms with Crippen molar-refractivity contribution in [3.63, 3.8) is 0 Å². The molecule has 1 unspecified atom stereocenters. The van der Waals surface area contributed by atoms with Gasteiger partial charge in [0.2, 0.25) is 0 Å². The normalized spacial score (nSPS) is 18.2. The van der Waals surface area contributed by atoms with Crippen LogP contribution in [-0.4, -0.2) is 34.1 Å². The van der Waals surface area contributed by atoms with Crippen LogP contribution in [0, 0.1) is 5.41 Å². The first-order valence-electron chi connectivity index (χ1n) is 6.18. The van der Waals surface area contributed by atoms with E-state index in [4.69, 9.17) is 5.11 Å². The lowest BCUT2D eigenvalue weighted by molar-refractivity contribution is 0.202. The van der Waals surface area contributed by atoms with Gasteiger partial charge in [-0.25, -0.2) is 4.79 Å². The Morgan fingerprint density at radius 3 is 2.89 bits per heavy atom. The maximum Gasteiger partial charge on any atom is 0.315 e. The summed E-state index contributed by atoms with van der Waals surface area (Å²) in [6, 6.07) is -0.283. The SMILES string of the molecule is CC(NC(=O)NCC1(CO)CC1)c1cnn(C)c1. The minimum absolute atomic E-state index is 0.0606. The molecule has 0 radical (unpaired) electrons. The molecule has 6 nitrogen and oxygen atoms in total. The molecule has 2 rings (SSSR count). The van der Waals surface area contributed by atoms with Gasteiger partial charge in [0, 0.05) is 30.8 Å². The second kappa shape index (κ2) is 4.97. The fourth-order valence-electron chi connectivity index (χ4n) is 1.83. The number of amides is 2. The van der Waals surface area contributed by atoms with Gasteiger partial charge in [-0.2, -0.15) is 5.10 Å². The molecule has 1 saturated carbocycles. The summed E-state index contributed by atoms with van der Waals surface area (Å²) in [7, 11) is 1.84. The highest BCUT2D eigenvalue weighted by Gasteiger charge is 2.42. The van der Waals surface area contributed by atoms with Crippen LogP contribution < -0.4 is 10.6 Å². The van der Waals surface area contributed by atoms with Crippen LogP contribution in [-0.2, 0) is 7.05 Å². The lowest BCUT2D eigenvalue weighted by Gasteiger charge is -2.16. The summed E-state index contributed by atoms with van der Waals surface area (Å²) in [4.78, 5) is 11.7. The minimum Gasteiger partial charge on any atom is -0.396 e. The molecule has 1 aromatic heterocycles. The molecule has 2 amide bonds. The van der Waals surface area contributed by atoms with Gasteiger partial charge < -0.3 is 15.7 Å². The summed E-state index contributed by atoms with van der Waals surface area (Å²) in [5.41, 5.74) is 0.908. The largest absolute Gasteiger partial charge is 0.396 e. The molecule has 0 saturated heterocycles. The van der Waals surface area contributed by atoms with Crippen molar-refractivity contribution in [1.82, 2.24) is 20.4 Å². The van der Waals surface area contributed by atoms with Crippen molar-refractivity contribution in [2.24, 2.45) is 12.5 Å². The highest BCUT2D eigenvalue weighted by atomic mass is 16.3. The number of urea groups is 1. The third kappa shape index (κ3) is 3.01. The van der Waals surface area contributed by atoms with Gasteiger partial charge in [-0.1, -0.05) is 0 Å². The summed E-state index contributed by atoms with van der Waals surface area (Å²) in [5.74, 6) is 0. The number of nitrogens with one attached hydrogen (secondary N) is 2. The third-order valence-corrected chi connectivity index (χ3v) is 3.49. The van der Waals surface area contributed by atoms with Crippen molar-refractivity contribution in [1.29, 1.82) is 0 Å². The Hall–Kier alpha value is -1.56. The molecule has 1 aromatic rings. The van der Waals surface area contributed by atoms with E-state index in [1.54, 1.807) is 10.9 Å². The number of carbonyl (C=O) groups is 1. The number of nitrogens with zero attached hydrogens (tertiary/aromatic N) is 2. The van der Waals surface area contributed by atoms with Crippen LogP contribution in [0.15, 0.2) is 12.4 Å². The van der Waals surface area contributed by atoms with Crippen LogP contribution in [0.25, 0.3) is 0 Å². The molecule has 1 heterocycles. The Morgan fingerprint density at radius 2 is 2.39 bits per heavy atom. The highest BCUT2D eigenvalue weighted by Crippen LogP contribution is 2.44. The zero-order valence-corrected chi connectivity index (χ0v) is 10.8. The quantitative estimate of drug-likeness (QED) is 0.716. The molecule has 1 aliphatic carbocycles. The Balaban J connectivity index is 1.77. The van der Waals surface area contributed by atoms with Crippen LogP contribution >= 0.6 is 0 Å². The Morgan fingerprint density at radius 1 is 1.67 bits per heavy atom. The van der Waals surface area contributed by atoms with Gasteiger partial charge >= 0.3 is 6.03 Å². The fourth-order valence-corrected chi connectivity index (χ4v) is 1.83. The van der Waals surface area contributed by atoms with Crippen LogP contribution in [0.5, 0.6) is 0 Å². The lowest BCUT2D eigenvalue weighted by Crippen LogP contribution is -2.40. The Kier molecular flexibility index (Phi) is 3.56. The van der Waals surface area contributed by atoms with Crippen molar-refractivity contribution in [3.8, 4) is 0 Å². The van der Waals surface area contributed by atoms with Crippen molar-refractivity contribution in [2.45, 2.75) is 25.8 Å². The topological polar surface area (TPSA) is 79.2 Å². The number of rotatable bonds is 5. The molecular weight excluding hydrogens is 232 g/mol. The predicted octanol–water partition coefficient (Wildman–Crippen LogP) is 0.553. The Bertz CT molecular complexity index is 425. The van der Waals surface area contributed by atoms with Crippen molar-refractivity contribution < 1.29 is 9.90 Å². The molecule has 3 N–H and O–H groups in total. The van der Waals surface area contributed by atoms with Gasteiger partial charge in [-0.15, -0.1) is 0 Å². The van der Waals surface area contributed by atoms with E-state index in [-0.39, 0.29) is 24.1 Å². The van der Waals surface area contributed by atoms with Crippen LogP contribution in [0.4, 0.5) is 4.79 Å². The van der Waals surface area contributed by atoms with Crippen LogP contribution in [0.3, 0.4) is 0 Å². The third-order valence-electron chi connectivity index (χ3n) is 3.49. The van der Waals surface area contributed by atoms with E-state index < -0.39 is 0 Å². The van der Waals surface area contributed by atoms with Gasteiger partial charge in [-0.05, 0) is 19.8 Å². The van der Waals surface area contributed by atoms with Crippen LogP contribution in [0.1, 0.15) is 31.4 Å². The van der Waals surface area contributed by atoms with E-state index in [2.05, 4.69) is 15.7 Å². The summed E-state index contributed by atoms with van der Waals surface area (Å²) in [6.45, 7) is 2.59. The summed E-state index contributed by atoms with van der Waals surface area (Å²) in [5, 5.41) is 18.9. The first-order valence-corrected chi connectivity index (χ1v) is 6.18. The van der Waals surface area contributed by atoms with Gasteiger partial charge in [0.05, 0.1) is 18.8 Å². The predicted molar refractivity (Wildman–Crippen MR) is 66.9 cm³/mol. The molecule has 0 spiro atoms. The van der Waals surface area contributed by atoms with E-state index in [1.807, 2.05) is 20.2 Å². The highest BCUT2D eigenvalue weighted by molar-refractivity contribution is 5.74. The Labute approximate surface area is 106 Å². The van der Waals surface area contributed by atoms with Gasteiger partial charge in [-0.3, -0.25) is 4.68 Å². The van der Waals surface area contributed by atoms with E-state index in [9.17, 15) is 4.79 Å². The standard InChI is InChI=1S/C12H20N4O2/c1-9(10-5-14-16(2)6-10)15-11(18)13-7-12(8-17)3-4-12/h5-6,9,17H,3-4,7-8H2,1-2H3,(H2,13,15,18). The number of aromatic nitrogens is 2. The minimum atomic E-state index is -0.203. The molecule has 0 aromatic carbocycles. The molecule has 1 fully saturated rings. The number of aliphatic hydroxyl groups is 1. The summed E-state index contributed by atoms with van der Waals surface area (Å²) in [6.07, 6.45) is 5.59. The van der Waals surface area contributed by atoms with E-state index >= 15 is 0 Å². The molecule has 1 aliphatic rings. The van der Waals surface area contributed by atoms with Crippen molar-refractivity contribution in [2.75, 3.05) is 13.2 Å². The second-order valence-corrected chi connectivity index (χ2v) is 5.15. The fraction of sp³-hybridized carbons (Fsp3) is 0.667. The zero-order valence-electron chi connectivity index (χ0n) is 10.8. The smallest absolute Gasteiger partial charge is 0.315 e. The average Bonchev–Trinajstić information content (AvgIpc) is 3.01. The van der Waals surface area contributed by atoms with Crippen molar-refractivity contribution >= 4 is 6.03 Å². The summed E-state index contributed by atoms with van der Waals surface area (Å²) < 4.78 is 1.70. The van der Waals surface area contributed by atoms with Crippen LogP contribution in [0.2, 0.25) is 0 Å². The number of carbonyl (C=O) groups excluding carboxylic acids is 1. The number of aliphatic hydroxyl groups excluding tert-OH is 1. The number of aryl methyl sites for hydroxylation is 1. The van der Waals surface area contributed by atoms with Gasteiger partial charge in [0.1, 0.15) is 0 Å². The zero-order chi connectivity index (χ0) is 13.2. The lowest BCUT2D eigenvalue weighted by atomic mass is 10.1.